The third-order valence-corrected chi connectivity index (χ3v) is 6.45. The van der Waals surface area contributed by atoms with Crippen LogP contribution in [0.25, 0.3) is 10.9 Å². The van der Waals surface area contributed by atoms with Crippen molar-refractivity contribution in [3.05, 3.63) is 65.1 Å². The van der Waals surface area contributed by atoms with E-state index in [4.69, 9.17) is 0 Å². The van der Waals surface area contributed by atoms with Crippen LogP contribution < -0.4 is 4.72 Å². The van der Waals surface area contributed by atoms with Crippen molar-refractivity contribution in [1.29, 1.82) is 0 Å². The van der Waals surface area contributed by atoms with Crippen LogP contribution in [-0.2, 0) is 16.6 Å². The molecule has 0 fully saturated rings. The maximum atomic E-state index is 13.7. The van der Waals surface area contributed by atoms with E-state index >= 15 is 0 Å². The summed E-state index contributed by atoms with van der Waals surface area (Å²) in [6.45, 7) is 4.19. The van der Waals surface area contributed by atoms with E-state index in [0.717, 1.165) is 11.6 Å². The van der Waals surface area contributed by atoms with Crippen LogP contribution >= 0.6 is 0 Å². The van der Waals surface area contributed by atoms with Crippen LogP contribution in [0, 0.1) is 26.6 Å². The summed E-state index contributed by atoms with van der Waals surface area (Å²) in [5.41, 5.74) is 1.94. The Morgan fingerprint density at radius 1 is 1.03 bits per heavy atom. The van der Waals surface area contributed by atoms with Gasteiger partial charge in [-0.15, -0.1) is 0 Å². The van der Waals surface area contributed by atoms with Crippen molar-refractivity contribution in [2.75, 3.05) is 0 Å². The molecule has 0 amide bonds. The number of aromatic nitrogens is 1. The second kappa shape index (κ2) is 7.46. The monoisotopic (exact) mass is 428 g/mol. The van der Waals surface area contributed by atoms with E-state index in [9.17, 15) is 26.0 Å². The second-order valence-corrected chi connectivity index (χ2v) is 8.77. The molecule has 1 heterocycles. The van der Waals surface area contributed by atoms with Gasteiger partial charge in [0.25, 0.3) is 0 Å². The molecule has 0 saturated carbocycles. The molecule has 0 aliphatic heterocycles. The molecule has 0 aliphatic carbocycles. The lowest BCUT2D eigenvalue weighted by Crippen LogP contribution is -2.48. The predicted molar refractivity (Wildman–Crippen MR) is 103 cm³/mol. The topological polar surface area (TPSA) is 51.1 Å². The normalized spacial score (nSPS) is 13.8. The Balaban J connectivity index is 1.98. The van der Waals surface area contributed by atoms with E-state index < -0.39 is 34.6 Å². The zero-order chi connectivity index (χ0) is 21.6. The van der Waals surface area contributed by atoms with Crippen LogP contribution in [-0.4, -0.2) is 25.2 Å². The SMILES string of the molecule is Cc1cc(C)c(S(=O)(=O)NC(Cn2ccc3cc(F)ccc32)C(F)(F)F)c(C)c1. The van der Waals surface area contributed by atoms with Crippen molar-refractivity contribution in [2.24, 2.45) is 0 Å². The highest BCUT2D eigenvalue weighted by molar-refractivity contribution is 7.89. The molecule has 0 saturated heterocycles. The average molecular weight is 428 g/mol. The minimum atomic E-state index is -4.82. The number of sulfonamides is 1. The van der Waals surface area contributed by atoms with Gasteiger partial charge >= 0.3 is 6.18 Å². The number of halogens is 4. The van der Waals surface area contributed by atoms with Gasteiger partial charge in [0, 0.05) is 23.6 Å². The van der Waals surface area contributed by atoms with Gasteiger partial charge in [-0.1, -0.05) is 17.7 Å². The smallest absolute Gasteiger partial charge is 0.346 e. The van der Waals surface area contributed by atoms with Gasteiger partial charge in [0.05, 0.1) is 4.90 Å². The van der Waals surface area contributed by atoms with Crippen LogP contribution in [0.5, 0.6) is 0 Å². The van der Waals surface area contributed by atoms with E-state index in [1.165, 1.54) is 29.0 Å². The molecule has 3 rings (SSSR count). The first kappa shape index (κ1) is 21.3. The molecule has 0 spiro atoms. The van der Waals surface area contributed by atoms with Crippen molar-refractivity contribution >= 4 is 20.9 Å². The van der Waals surface area contributed by atoms with Crippen LogP contribution in [0.2, 0.25) is 0 Å². The third-order valence-electron chi connectivity index (χ3n) is 4.68. The van der Waals surface area contributed by atoms with Gasteiger partial charge in [-0.3, -0.25) is 0 Å². The number of alkyl halides is 3. The number of hydrogen-bond acceptors (Lipinski definition) is 2. The number of aryl methyl sites for hydroxylation is 3. The third kappa shape index (κ3) is 4.45. The van der Waals surface area contributed by atoms with Crippen LogP contribution in [0.4, 0.5) is 17.6 Å². The zero-order valence-electron chi connectivity index (χ0n) is 16.0. The van der Waals surface area contributed by atoms with Gasteiger partial charge in [-0.25, -0.2) is 12.8 Å². The maximum absolute atomic E-state index is 13.7. The number of benzene rings is 2. The summed E-state index contributed by atoms with van der Waals surface area (Å²) in [6.07, 6.45) is -3.45. The number of nitrogens with zero attached hydrogens (tertiary/aromatic N) is 1. The summed E-state index contributed by atoms with van der Waals surface area (Å²) in [5, 5.41) is 0.430. The van der Waals surface area contributed by atoms with E-state index in [1.54, 1.807) is 32.9 Å². The Bertz CT molecular complexity index is 1140. The van der Waals surface area contributed by atoms with Crippen molar-refractivity contribution in [3.63, 3.8) is 0 Å². The molecule has 0 aliphatic rings. The van der Waals surface area contributed by atoms with Crippen molar-refractivity contribution in [2.45, 2.75) is 44.4 Å². The number of fused-ring (bicyclic) bond motifs is 1. The van der Waals surface area contributed by atoms with E-state index in [1.807, 2.05) is 4.72 Å². The molecule has 2 aromatic carbocycles. The van der Waals surface area contributed by atoms with Gasteiger partial charge < -0.3 is 4.57 Å². The lowest BCUT2D eigenvalue weighted by atomic mass is 10.1. The minimum Gasteiger partial charge on any atom is -0.346 e. The van der Waals surface area contributed by atoms with Gasteiger partial charge in [-0.2, -0.15) is 17.9 Å². The molecular weight excluding hydrogens is 408 g/mol. The number of hydrogen-bond donors (Lipinski definition) is 1. The highest BCUT2D eigenvalue weighted by Crippen LogP contribution is 2.28. The van der Waals surface area contributed by atoms with Crippen molar-refractivity contribution in [1.82, 2.24) is 9.29 Å². The van der Waals surface area contributed by atoms with E-state index in [0.29, 0.717) is 22.0 Å². The number of nitrogens with one attached hydrogen (secondary N) is 1. The molecule has 0 radical (unpaired) electrons. The molecule has 4 nitrogen and oxygen atoms in total. The van der Waals surface area contributed by atoms with Crippen LogP contribution in [0.15, 0.2) is 47.5 Å². The molecular formula is C20H20F4N2O2S. The van der Waals surface area contributed by atoms with Gasteiger partial charge in [-0.05, 0) is 56.2 Å². The molecule has 1 N–H and O–H groups in total. The van der Waals surface area contributed by atoms with Crippen molar-refractivity contribution in [3.8, 4) is 0 Å². The van der Waals surface area contributed by atoms with Gasteiger partial charge in [0.15, 0.2) is 0 Å². The van der Waals surface area contributed by atoms with E-state index in [-0.39, 0.29) is 4.90 Å². The van der Waals surface area contributed by atoms with Gasteiger partial charge in [0.2, 0.25) is 10.0 Å². The maximum Gasteiger partial charge on any atom is 0.406 e. The zero-order valence-corrected chi connectivity index (χ0v) is 16.8. The fraction of sp³-hybridized carbons (Fsp3) is 0.300. The fourth-order valence-electron chi connectivity index (χ4n) is 3.57. The first-order valence-electron chi connectivity index (χ1n) is 8.80. The molecule has 1 aromatic heterocycles. The lowest BCUT2D eigenvalue weighted by molar-refractivity contribution is -0.154. The van der Waals surface area contributed by atoms with Crippen LogP contribution in [0.3, 0.4) is 0 Å². The molecule has 156 valence electrons. The highest BCUT2D eigenvalue weighted by Gasteiger charge is 2.43. The summed E-state index contributed by atoms with van der Waals surface area (Å²) in [7, 11) is -4.43. The summed E-state index contributed by atoms with van der Waals surface area (Å²) in [6, 6.07) is 6.06. The summed E-state index contributed by atoms with van der Waals surface area (Å²) < 4.78 is 83.1. The summed E-state index contributed by atoms with van der Waals surface area (Å²) in [4.78, 5) is -0.156. The van der Waals surface area contributed by atoms with Crippen molar-refractivity contribution < 1.29 is 26.0 Å². The van der Waals surface area contributed by atoms with E-state index in [2.05, 4.69) is 0 Å². The Labute approximate surface area is 166 Å². The fourth-order valence-corrected chi connectivity index (χ4v) is 5.24. The first-order valence-corrected chi connectivity index (χ1v) is 10.3. The average Bonchev–Trinajstić information content (AvgIpc) is 2.93. The highest BCUT2D eigenvalue weighted by atomic mass is 32.2. The molecule has 3 aromatic rings. The Morgan fingerprint density at radius 3 is 2.24 bits per heavy atom. The molecule has 9 heteroatoms. The molecule has 29 heavy (non-hydrogen) atoms. The second-order valence-electron chi connectivity index (χ2n) is 7.11. The molecule has 1 atom stereocenters. The minimum absolute atomic E-state index is 0.156. The Kier molecular flexibility index (Phi) is 5.48. The number of rotatable bonds is 5. The van der Waals surface area contributed by atoms with Gasteiger partial charge in [0.1, 0.15) is 11.9 Å². The summed E-state index contributed by atoms with van der Waals surface area (Å²) >= 11 is 0. The lowest BCUT2D eigenvalue weighted by Gasteiger charge is -2.24. The van der Waals surface area contributed by atoms with Crippen LogP contribution in [0.1, 0.15) is 16.7 Å². The largest absolute Gasteiger partial charge is 0.406 e. The predicted octanol–water partition coefficient (Wildman–Crippen LogP) is 4.62. The quantitative estimate of drug-likeness (QED) is 0.603. The Hall–Kier alpha value is -2.39. The molecule has 1 unspecified atom stereocenters. The Morgan fingerprint density at radius 2 is 1.66 bits per heavy atom. The summed E-state index contributed by atoms with van der Waals surface area (Å²) in [5.74, 6) is -0.506. The first-order chi connectivity index (χ1) is 13.4. The molecule has 0 bridgehead atoms. The standard InChI is InChI=1S/C20H20F4N2O2S/c1-12-8-13(2)19(14(3)9-12)29(27,28)25-18(20(22,23)24)11-26-7-6-15-10-16(21)4-5-17(15)26/h4-10,18,25H,11H2,1-3H3.